The van der Waals surface area contributed by atoms with E-state index in [1.165, 1.54) is 0 Å². The summed E-state index contributed by atoms with van der Waals surface area (Å²) >= 11 is 0. The number of nitrogens with one attached hydrogen (secondary N) is 1. The summed E-state index contributed by atoms with van der Waals surface area (Å²) in [5, 5.41) is 1.10. The van der Waals surface area contributed by atoms with E-state index in [1.54, 1.807) is 12.4 Å². The number of para-hydroxylation sites is 1. The number of carbonyl (C=O) groups excluding carboxylic acids is 1. The Bertz CT molecular complexity index is 804. The Balaban J connectivity index is 1.95. The first-order valence-corrected chi connectivity index (χ1v) is 6.44. The van der Waals surface area contributed by atoms with E-state index < -0.39 is 5.60 Å². The molecule has 0 spiro atoms. The second-order valence-electron chi connectivity index (χ2n) is 5.11. The van der Waals surface area contributed by atoms with Crippen molar-refractivity contribution in [2.45, 2.75) is 12.5 Å². The van der Waals surface area contributed by atoms with Gasteiger partial charge >= 0.3 is 5.97 Å². The standard InChI is InChI=1S/C16H12N2O2/c1-16(12-6-7-17-9-11(12)15(19)20-16)14-8-10-4-2-3-5-13(10)18-14/h2-9,18H,1H3. The van der Waals surface area contributed by atoms with Gasteiger partial charge in [0.2, 0.25) is 0 Å². The predicted molar refractivity (Wildman–Crippen MR) is 74.4 cm³/mol. The van der Waals surface area contributed by atoms with E-state index in [2.05, 4.69) is 9.97 Å². The molecule has 1 aromatic carbocycles. The van der Waals surface area contributed by atoms with E-state index in [1.807, 2.05) is 43.3 Å². The third-order valence-electron chi connectivity index (χ3n) is 3.90. The average molecular weight is 264 g/mol. The topological polar surface area (TPSA) is 55.0 Å². The highest BCUT2D eigenvalue weighted by atomic mass is 16.6. The molecule has 1 aliphatic rings. The van der Waals surface area contributed by atoms with Crippen LogP contribution in [0, 0.1) is 0 Å². The lowest BCUT2D eigenvalue weighted by Gasteiger charge is -2.22. The van der Waals surface area contributed by atoms with E-state index in [4.69, 9.17) is 4.74 Å². The maximum absolute atomic E-state index is 12.0. The molecule has 4 nitrogen and oxygen atoms in total. The number of aromatic amines is 1. The second kappa shape index (κ2) is 3.70. The van der Waals surface area contributed by atoms with Gasteiger partial charge < -0.3 is 9.72 Å². The average Bonchev–Trinajstić information content (AvgIpc) is 3.01. The summed E-state index contributed by atoms with van der Waals surface area (Å²) in [7, 11) is 0. The molecule has 0 fully saturated rings. The molecule has 0 amide bonds. The highest BCUT2D eigenvalue weighted by molar-refractivity contribution is 5.95. The van der Waals surface area contributed by atoms with E-state index in [-0.39, 0.29) is 5.97 Å². The van der Waals surface area contributed by atoms with Crippen molar-refractivity contribution in [2.75, 3.05) is 0 Å². The number of ether oxygens (including phenoxy) is 1. The predicted octanol–water partition coefficient (Wildman–Crippen LogP) is 3.00. The summed E-state index contributed by atoms with van der Waals surface area (Å²) < 4.78 is 5.62. The van der Waals surface area contributed by atoms with Crippen molar-refractivity contribution in [1.82, 2.24) is 9.97 Å². The van der Waals surface area contributed by atoms with Crippen LogP contribution in [0.15, 0.2) is 48.8 Å². The Morgan fingerprint density at radius 1 is 1.25 bits per heavy atom. The third kappa shape index (κ3) is 1.36. The Hall–Kier alpha value is -2.62. The maximum Gasteiger partial charge on any atom is 0.341 e. The number of pyridine rings is 1. The van der Waals surface area contributed by atoms with Gasteiger partial charge in [0.1, 0.15) is 0 Å². The molecule has 4 heteroatoms. The van der Waals surface area contributed by atoms with Crippen LogP contribution in [-0.4, -0.2) is 15.9 Å². The van der Waals surface area contributed by atoms with Crippen molar-refractivity contribution in [3.8, 4) is 0 Å². The molecule has 98 valence electrons. The monoisotopic (exact) mass is 264 g/mol. The minimum absolute atomic E-state index is 0.325. The van der Waals surface area contributed by atoms with Gasteiger partial charge in [-0.2, -0.15) is 0 Å². The third-order valence-corrected chi connectivity index (χ3v) is 3.90. The second-order valence-corrected chi connectivity index (χ2v) is 5.11. The molecular weight excluding hydrogens is 252 g/mol. The first-order chi connectivity index (χ1) is 9.68. The fourth-order valence-corrected chi connectivity index (χ4v) is 2.80. The summed E-state index contributed by atoms with van der Waals surface area (Å²) in [6.07, 6.45) is 3.24. The Morgan fingerprint density at radius 3 is 2.95 bits per heavy atom. The number of rotatable bonds is 1. The van der Waals surface area contributed by atoms with Crippen molar-refractivity contribution < 1.29 is 9.53 Å². The molecule has 3 heterocycles. The van der Waals surface area contributed by atoms with E-state index in [9.17, 15) is 4.79 Å². The van der Waals surface area contributed by atoms with Crippen LogP contribution in [0.1, 0.15) is 28.5 Å². The fraction of sp³-hybridized carbons (Fsp3) is 0.125. The SMILES string of the molecule is CC1(c2cc3ccccc3[nH]2)OC(=O)c2cnccc21. The molecule has 0 bridgehead atoms. The normalized spacial score (nSPS) is 20.9. The van der Waals surface area contributed by atoms with Crippen molar-refractivity contribution in [2.24, 2.45) is 0 Å². The maximum atomic E-state index is 12.0. The van der Waals surface area contributed by atoms with Crippen LogP contribution in [0.4, 0.5) is 0 Å². The number of cyclic esters (lactones) is 1. The summed E-state index contributed by atoms with van der Waals surface area (Å²) in [4.78, 5) is 19.3. The van der Waals surface area contributed by atoms with Crippen LogP contribution in [0.25, 0.3) is 10.9 Å². The lowest BCUT2D eigenvalue weighted by atomic mass is 9.92. The summed E-state index contributed by atoms with van der Waals surface area (Å²) in [5.74, 6) is -0.325. The van der Waals surface area contributed by atoms with Crippen LogP contribution in [0.5, 0.6) is 0 Å². The van der Waals surface area contributed by atoms with Gasteiger partial charge in [0.15, 0.2) is 5.60 Å². The highest BCUT2D eigenvalue weighted by Gasteiger charge is 2.44. The van der Waals surface area contributed by atoms with Crippen LogP contribution in [0.2, 0.25) is 0 Å². The van der Waals surface area contributed by atoms with Crippen LogP contribution in [0.3, 0.4) is 0 Å². The van der Waals surface area contributed by atoms with E-state index in [0.29, 0.717) is 5.56 Å². The number of benzene rings is 1. The van der Waals surface area contributed by atoms with Gasteiger partial charge in [-0.25, -0.2) is 4.79 Å². The molecule has 0 aliphatic carbocycles. The van der Waals surface area contributed by atoms with Crippen LogP contribution >= 0.6 is 0 Å². The first-order valence-electron chi connectivity index (χ1n) is 6.44. The smallest absolute Gasteiger partial charge is 0.341 e. The van der Waals surface area contributed by atoms with Crippen LogP contribution in [-0.2, 0) is 10.3 Å². The van der Waals surface area contributed by atoms with E-state index in [0.717, 1.165) is 22.2 Å². The van der Waals surface area contributed by atoms with Gasteiger partial charge in [0.25, 0.3) is 0 Å². The first kappa shape index (κ1) is 11.2. The molecule has 0 radical (unpaired) electrons. The largest absolute Gasteiger partial charge is 0.444 e. The van der Waals surface area contributed by atoms with Crippen molar-refractivity contribution in [1.29, 1.82) is 0 Å². The summed E-state index contributed by atoms with van der Waals surface area (Å²) in [5.41, 5.74) is 2.51. The Labute approximate surface area is 115 Å². The molecule has 20 heavy (non-hydrogen) atoms. The molecular formula is C16H12N2O2. The number of aromatic nitrogens is 2. The van der Waals surface area contributed by atoms with Gasteiger partial charge in [-0.05, 0) is 30.5 Å². The van der Waals surface area contributed by atoms with Gasteiger partial charge in [-0.1, -0.05) is 18.2 Å². The van der Waals surface area contributed by atoms with Crippen molar-refractivity contribution in [3.63, 3.8) is 0 Å². The van der Waals surface area contributed by atoms with Gasteiger partial charge in [0, 0.05) is 23.5 Å². The van der Waals surface area contributed by atoms with Gasteiger partial charge in [-0.3, -0.25) is 4.98 Å². The summed E-state index contributed by atoms with van der Waals surface area (Å²) in [6.45, 7) is 1.90. The number of hydrogen-bond donors (Lipinski definition) is 1. The van der Waals surface area contributed by atoms with Gasteiger partial charge in [-0.15, -0.1) is 0 Å². The Kier molecular flexibility index (Phi) is 2.07. The Morgan fingerprint density at radius 2 is 2.10 bits per heavy atom. The van der Waals surface area contributed by atoms with Crippen LogP contribution < -0.4 is 0 Å². The van der Waals surface area contributed by atoms with Crippen molar-refractivity contribution in [3.05, 3.63) is 65.6 Å². The molecule has 4 rings (SSSR count). The molecule has 0 saturated heterocycles. The zero-order valence-corrected chi connectivity index (χ0v) is 10.9. The molecule has 1 N–H and O–H groups in total. The lowest BCUT2D eigenvalue weighted by molar-refractivity contribution is 0.0167. The molecule has 1 atom stereocenters. The minimum atomic E-state index is -0.783. The zero-order chi connectivity index (χ0) is 13.7. The number of carbonyl (C=O) groups is 1. The van der Waals surface area contributed by atoms with Crippen molar-refractivity contribution >= 4 is 16.9 Å². The van der Waals surface area contributed by atoms with E-state index >= 15 is 0 Å². The quantitative estimate of drug-likeness (QED) is 0.687. The molecule has 1 aliphatic heterocycles. The zero-order valence-electron chi connectivity index (χ0n) is 10.9. The van der Waals surface area contributed by atoms with Gasteiger partial charge in [0.05, 0.1) is 11.3 Å². The summed E-state index contributed by atoms with van der Waals surface area (Å²) in [6, 6.07) is 11.9. The molecule has 1 unspecified atom stereocenters. The highest BCUT2D eigenvalue weighted by Crippen LogP contribution is 2.41. The number of fused-ring (bicyclic) bond motifs is 2. The minimum Gasteiger partial charge on any atom is -0.444 e. The number of hydrogen-bond acceptors (Lipinski definition) is 3. The number of nitrogens with zero attached hydrogens (tertiary/aromatic N) is 1. The molecule has 0 saturated carbocycles. The molecule has 2 aromatic heterocycles. The fourth-order valence-electron chi connectivity index (χ4n) is 2.80. The molecule has 3 aromatic rings. The lowest BCUT2D eigenvalue weighted by Crippen LogP contribution is -2.23. The number of H-pyrrole nitrogens is 1. The number of esters is 1.